The molecule has 1 aromatic carbocycles. The summed E-state index contributed by atoms with van der Waals surface area (Å²) < 4.78 is 15.7. The topological polar surface area (TPSA) is 86.8 Å². The maximum atomic E-state index is 13.4. The van der Waals surface area contributed by atoms with Crippen molar-refractivity contribution >= 4 is 22.8 Å². The zero-order valence-electron chi connectivity index (χ0n) is 18.5. The van der Waals surface area contributed by atoms with Crippen molar-refractivity contribution in [3.05, 3.63) is 45.1 Å². The van der Waals surface area contributed by atoms with Crippen LogP contribution in [0.4, 0.5) is 11.6 Å². The lowest BCUT2D eigenvalue weighted by Gasteiger charge is -2.26. The predicted octanol–water partition coefficient (Wildman–Crippen LogP) is 0.779. The molecular formula is C22H28N6O4. The highest BCUT2D eigenvalue weighted by Crippen LogP contribution is 2.32. The molecule has 10 heteroatoms. The summed E-state index contributed by atoms with van der Waals surface area (Å²) in [5.41, 5.74) is 1.27. The number of nitrogens with zero attached hydrogens (tertiary/aromatic N) is 6. The number of morpholine rings is 1. The molecule has 2 aliphatic heterocycles. The Morgan fingerprint density at radius 1 is 1.03 bits per heavy atom. The molecular weight excluding hydrogens is 412 g/mol. The Kier molecular flexibility index (Phi) is 5.48. The van der Waals surface area contributed by atoms with Gasteiger partial charge in [-0.1, -0.05) is 0 Å². The Balaban J connectivity index is 1.50. The van der Waals surface area contributed by atoms with Gasteiger partial charge in [-0.15, -0.1) is 0 Å². The first-order valence-corrected chi connectivity index (χ1v) is 11.1. The summed E-state index contributed by atoms with van der Waals surface area (Å²) >= 11 is 0. The Morgan fingerprint density at radius 3 is 2.50 bits per heavy atom. The second-order valence-electron chi connectivity index (χ2n) is 8.07. The molecule has 1 saturated heterocycles. The highest BCUT2D eigenvalue weighted by atomic mass is 16.5. The van der Waals surface area contributed by atoms with E-state index in [1.54, 1.807) is 7.05 Å². The normalized spacial score (nSPS) is 16.6. The second kappa shape index (κ2) is 8.44. The van der Waals surface area contributed by atoms with Crippen LogP contribution in [0.3, 0.4) is 0 Å². The van der Waals surface area contributed by atoms with Crippen LogP contribution in [0.5, 0.6) is 5.75 Å². The molecule has 5 rings (SSSR count). The lowest BCUT2D eigenvalue weighted by atomic mass is 10.3. The first-order chi connectivity index (χ1) is 15.6. The van der Waals surface area contributed by atoms with Crippen molar-refractivity contribution in [3.63, 3.8) is 0 Å². The molecule has 4 heterocycles. The van der Waals surface area contributed by atoms with Gasteiger partial charge < -0.3 is 18.9 Å². The third kappa shape index (κ3) is 3.49. The average molecular weight is 441 g/mol. The molecule has 2 aliphatic rings. The van der Waals surface area contributed by atoms with E-state index in [0.29, 0.717) is 63.1 Å². The molecule has 0 spiro atoms. The molecule has 0 atom stereocenters. The molecule has 0 bridgehead atoms. The molecule has 0 amide bonds. The first-order valence-electron chi connectivity index (χ1n) is 11.1. The number of imidazole rings is 1. The Hall–Kier alpha value is -3.11. The minimum absolute atomic E-state index is 0.274. The first kappa shape index (κ1) is 20.8. The maximum Gasteiger partial charge on any atom is 0.332 e. The summed E-state index contributed by atoms with van der Waals surface area (Å²) in [5, 5.41) is 0. The largest absolute Gasteiger partial charge is 0.494 e. The van der Waals surface area contributed by atoms with Gasteiger partial charge in [-0.25, -0.2) is 4.79 Å². The van der Waals surface area contributed by atoms with Crippen molar-refractivity contribution in [1.82, 2.24) is 23.6 Å². The van der Waals surface area contributed by atoms with Gasteiger partial charge in [0, 0.05) is 52.0 Å². The average Bonchev–Trinajstić information content (AvgIpc) is 3.39. The standard InChI is InChI=1S/C22H28N6O4/c1-3-32-17-6-4-16(5-7-17)26-10-11-27-18-19(23-21(26)27)24(2)22(30)28(20(18)29)9-8-25-12-14-31-15-13-25/h4-7H,3,8-15H2,1-2H3. The predicted molar refractivity (Wildman–Crippen MR) is 121 cm³/mol. The summed E-state index contributed by atoms with van der Waals surface area (Å²) in [5.74, 6) is 1.50. The number of rotatable bonds is 6. The molecule has 10 nitrogen and oxygen atoms in total. The van der Waals surface area contributed by atoms with E-state index in [1.807, 2.05) is 35.8 Å². The highest BCUT2D eigenvalue weighted by molar-refractivity contribution is 5.77. The van der Waals surface area contributed by atoms with E-state index in [1.165, 1.54) is 9.13 Å². The summed E-state index contributed by atoms with van der Waals surface area (Å²) in [6.07, 6.45) is 0. The monoisotopic (exact) mass is 440 g/mol. The van der Waals surface area contributed by atoms with Crippen molar-refractivity contribution in [2.24, 2.45) is 7.05 Å². The lowest BCUT2D eigenvalue weighted by molar-refractivity contribution is 0.0361. The molecule has 3 aromatic rings. The van der Waals surface area contributed by atoms with Gasteiger partial charge in [0.2, 0.25) is 5.95 Å². The van der Waals surface area contributed by atoms with Crippen molar-refractivity contribution in [1.29, 1.82) is 0 Å². The van der Waals surface area contributed by atoms with Crippen molar-refractivity contribution in [2.45, 2.75) is 20.0 Å². The Labute approximate surface area is 185 Å². The van der Waals surface area contributed by atoms with Crippen LogP contribution in [-0.4, -0.2) is 69.6 Å². The zero-order chi connectivity index (χ0) is 22.2. The number of ether oxygens (including phenoxy) is 2. The molecule has 0 saturated carbocycles. The quantitative estimate of drug-likeness (QED) is 0.560. The SMILES string of the molecule is CCOc1ccc(N2CCn3c2nc2c3c(=O)n(CCN3CCOCC3)c(=O)n2C)cc1. The zero-order valence-corrected chi connectivity index (χ0v) is 18.5. The number of aryl methyl sites for hydroxylation is 1. The van der Waals surface area contributed by atoms with E-state index in [-0.39, 0.29) is 11.2 Å². The van der Waals surface area contributed by atoms with Crippen molar-refractivity contribution in [3.8, 4) is 5.75 Å². The van der Waals surface area contributed by atoms with Crippen LogP contribution in [0.25, 0.3) is 11.2 Å². The van der Waals surface area contributed by atoms with Crippen LogP contribution in [0, 0.1) is 0 Å². The van der Waals surface area contributed by atoms with Crippen LogP contribution in [0.15, 0.2) is 33.9 Å². The van der Waals surface area contributed by atoms with E-state index in [9.17, 15) is 9.59 Å². The molecule has 32 heavy (non-hydrogen) atoms. The summed E-state index contributed by atoms with van der Waals surface area (Å²) in [6, 6.07) is 7.83. The number of hydrogen-bond acceptors (Lipinski definition) is 7. The van der Waals surface area contributed by atoms with Crippen LogP contribution >= 0.6 is 0 Å². The van der Waals surface area contributed by atoms with Gasteiger partial charge >= 0.3 is 5.69 Å². The van der Waals surface area contributed by atoms with Gasteiger partial charge in [-0.05, 0) is 31.2 Å². The van der Waals surface area contributed by atoms with Crippen LogP contribution in [-0.2, 0) is 24.9 Å². The Bertz CT molecular complexity index is 1240. The van der Waals surface area contributed by atoms with Gasteiger partial charge in [-0.3, -0.25) is 18.8 Å². The summed E-state index contributed by atoms with van der Waals surface area (Å²) in [6.45, 7) is 7.91. The smallest absolute Gasteiger partial charge is 0.332 e. The fraction of sp³-hybridized carbons (Fsp3) is 0.500. The fourth-order valence-electron chi connectivity index (χ4n) is 4.47. The maximum absolute atomic E-state index is 13.4. The van der Waals surface area contributed by atoms with E-state index in [4.69, 9.17) is 14.5 Å². The van der Waals surface area contributed by atoms with Crippen molar-refractivity contribution < 1.29 is 9.47 Å². The van der Waals surface area contributed by atoms with E-state index in [0.717, 1.165) is 24.5 Å². The fourth-order valence-corrected chi connectivity index (χ4v) is 4.47. The number of fused-ring (bicyclic) bond motifs is 3. The lowest BCUT2D eigenvalue weighted by Crippen LogP contribution is -2.44. The third-order valence-corrected chi connectivity index (χ3v) is 6.20. The van der Waals surface area contributed by atoms with E-state index in [2.05, 4.69) is 9.80 Å². The minimum Gasteiger partial charge on any atom is -0.494 e. The molecule has 2 aromatic heterocycles. The van der Waals surface area contributed by atoms with Crippen LogP contribution in [0.2, 0.25) is 0 Å². The molecule has 1 fully saturated rings. The number of hydrogen-bond donors (Lipinski definition) is 0. The number of benzene rings is 1. The van der Waals surface area contributed by atoms with Gasteiger partial charge in [0.15, 0.2) is 11.2 Å². The molecule has 0 unspecified atom stereocenters. The van der Waals surface area contributed by atoms with Crippen molar-refractivity contribution in [2.75, 3.05) is 50.9 Å². The summed E-state index contributed by atoms with van der Waals surface area (Å²) in [4.78, 5) is 35.3. The minimum atomic E-state index is -0.333. The van der Waals surface area contributed by atoms with Gasteiger partial charge in [0.1, 0.15) is 5.75 Å². The Morgan fingerprint density at radius 2 is 1.78 bits per heavy atom. The van der Waals surface area contributed by atoms with E-state index >= 15 is 0 Å². The summed E-state index contributed by atoms with van der Waals surface area (Å²) in [7, 11) is 1.68. The third-order valence-electron chi connectivity index (χ3n) is 6.20. The number of anilines is 2. The second-order valence-corrected chi connectivity index (χ2v) is 8.07. The van der Waals surface area contributed by atoms with Crippen LogP contribution in [0.1, 0.15) is 6.92 Å². The van der Waals surface area contributed by atoms with Gasteiger partial charge in [-0.2, -0.15) is 4.98 Å². The molecule has 0 N–H and O–H groups in total. The molecule has 0 aliphatic carbocycles. The molecule has 0 radical (unpaired) electrons. The van der Waals surface area contributed by atoms with Gasteiger partial charge in [0.25, 0.3) is 5.56 Å². The van der Waals surface area contributed by atoms with E-state index < -0.39 is 0 Å². The van der Waals surface area contributed by atoms with Crippen LogP contribution < -0.4 is 20.9 Å². The highest BCUT2D eigenvalue weighted by Gasteiger charge is 2.28. The van der Waals surface area contributed by atoms with Gasteiger partial charge in [0.05, 0.1) is 19.8 Å². The number of aromatic nitrogens is 4. The molecule has 170 valence electrons.